The van der Waals surface area contributed by atoms with Crippen molar-refractivity contribution in [3.8, 4) is 5.69 Å². The van der Waals surface area contributed by atoms with Gasteiger partial charge in [-0.25, -0.2) is 0 Å². The Kier molecular flexibility index (Phi) is 3.39. The minimum atomic E-state index is -0.274. The number of hydrogen-bond donors (Lipinski definition) is 1. The predicted molar refractivity (Wildman–Crippen MR) is 85.2 cm³/mol. The summed E-state index contributed by atoms with van der Waals surface area (Å²) in [4.78, 5) is 20.1. The fraction of sp³-hybridized carbons (Fsp3) is 0.133. The summed E-state index contributed by atoms with van der Waals surface area (Å²) in [6.07, 6.45) is 5.40. The number of nitrogens with zero attached hydrogens (tertiary/aromatic N) is 3. The molecule has 0 spiro atoms. The molecule has 0 unspecified atom stereocenters. The lowest BCUT2D eigenvalue weighted by molar-refractivity contribution is -0.113. The van der Waals surface area contributed by atoms with Gasteiger partial charge in [-0.3, -0.25) is 9.78 Å². The number of pyridine rings is 1. The minimum absolute atomic E-state index is 0.274. The Labute approximate surface area is 126 Å². The Morgan fingerprint density at radius 1 is 1.38 bits per heavy atom. The van der Waals surface area contributed by atoms with Crippen LogP contribution in [0, 0.1) is 13.8 Å². The molecule has 0 saturated heterocycles. The van der Waals surface area contributed by atoms with E-state index >= 15 is 0 Å². The normalized spacial score (nSPS) is 16.6. The third-order valence-corrected chi connectivity index (χ3v) is 4.11. The summed E-state index contributed by atoms with van der Waals surface area (Å²) in [5.41, 5.74) is 9.68. The van der Waals surface area contributed by atoms with Crippen molar-refractivity contribution in [2.45, 2.75) is 13.8 Å². The largest absolute Gasteiger partial charge is 0.378 e. The molecule has 3 heterocycles. The van der Waals surface area contributed by atoms with E-state index in [0.717, 1.165) is 22.6 Å². The molecular weight excluding hydrogens is 284 g/mol. The van der Waals surface area contributed by atoms with E-state index in [1.54, 1.807) is 6.20 Å². The summed E-state index contributed by atoms with van der Waals surface area (Å²) < 4.78 is 2.10. The Hall–Kier alpha value is -2.34. The van der Waals surface area contributed by atoms with Crippen molar-refractivity contribution in [2.75, 3.05) is 0 Å². The molecule has 1 amide bonds. The predicted octanol–water partition coefficient (Wildman–Crippen LogP) is 2.42. The molecule has 0 saturated carbocycles. The molecule has 0 aromatic carbocycles. The highest BCUT2D eigenvalue weighted by atomic mass is 32.2. The van der Waals surface area contributed by atoms with Crippen molar-refractivity contribution in [3.05, 3.63) is 52.4 Å². The molecule has 0 radical (unpaired) electrons. The summed E-state index contributed by atoms with van der Waals surface area (Å²) >= 11 is 1.21. The SMILES string of the molecule is Cc1cc(/C=C2/SC(N)=NC2=O)c(C)n1-c1cccnc1. The van der Waals surface area contributed by atoms with Crippen LogP contribution < -0.4 is 5.73 Å². The summed E-state index contributed by atoms with van der Waals surface area (Å²) in [6.45, 7) is 4.04. The van der Waals surface area contributed by atoms with Gasteiger partial charge in [-0.1, -0.05) is 0 Å². The van der Waals surface area contributed by atoms with Crippen LogP contribution >= 0.6 is 11.8 Å². The summed E-state index contributed by atoms with van der Waals surface area (Å²) in [6, 6.07) is 5.94. The maximum absolute atomic E-state index is 11.7. The van der Waals surface area contributed by atoms with Gasteiger partial charge in [0.2, 0.25) is 0 Å². The average molecular weight is 298 g/mol. The molecule has 2 N–H and O–H groups in total. The molecule has 106 valence electrons. The van der Waals surface area contributed by atoms with E-state index in [1.165, 1.54) is 11.8 Å². The van der Waals surface area contributed by atoms with Crippen LogP contribution in [0.4, 0.5) is 0 Å². The van der Waals surface area contributed by atoms with Gasteiger partial charge in [-0.15, -0.1) is 0 Å². The highest BCUT2D eigenvalue weighted by molar-refractivity contribution is 8.18. The lowest BCUT2D eigenvalue weighted by atomic mass is 10.2. The standard InChI is InChI=1S/C15H14N4OS/c1-9-6-11(7-13-14(20)18-15(16)21-13)10(2)19(9)12-4-3-5-17-8-12/h3-8H,1-2H3,(H2,16,18,20)/b13-7+. The second kappa shape index (κ2) is 5.21. The number of rotatable bonds is 2. The molecule has 1 aliphatic rings. The number of carbonyl (C=O) groups excluding carboxylic acids is 1. The fourth-order valence-corrected chi connectivity index (χ4v) is 3.06. The molecule has 0 fully saturated rings. The zero-order valence-corrected chi connectivity index (χ0v) is 12.5. The summed E-state index contributed by atoms with van der Waals surface area (Å²) in [7, 11) is 0. The maximum Gasteiger partial charge on any atom is 0.286 e. The van der Waals surface area contributed by atoms with Crippen molar-refractivity contribution in [1.29, 1.82) is 0 Å². The van der Waals surface area contributed by atoms with Crippen LogP contribution in [0.2, 0.25) is 0 Å². The van der Waals surface area contributed by atoms with Crippen molar-refractivity contribution in [3.63, 3.8) is 0 Å². The number of amides is 1. The van der Waals surface area contributed by atoms with Gasteiger partial charge in [0.15, 0.2) is 5.17 Å². The van der Waals surface area contributed by atoms with Crippen molar-refractivity contribution in [1.82, 2.24) is 9.55 Å². The van der Waals surface area contributed by atoms with E-state index in [1.807, 2.05) is 44.3 Å². The van der Waals surface area contributed by atoms with Crippen molar-refractivity contribution < 1.29 is 4.79 Å². The van der Waals surface area contributed by atoms with E-state index in [2.05, 4.69) is 14.5 Å². The van der Waals surface area contributed by atoms with Crippen LogP contribution in [0.25, 0.3) is 11.8 Å². The van der Waals surface area contributed by atoms with Crippen LogP contribution in [0.15, 0.2) is 40.5 Å². The van der Waals surface area contributed by atoms with E-state index in [9.17, 15) is 4.79 Å². The van der Waals surface area contributed by atoms with Crippen LogP contribution in [0.3, 0.4) is 0 Å². The van der Waals surface area contributed by atoms with Crippen molar-refractivity contribution >= 4 is 28.9 Å². The molecule has 5 nitrogen and oxygen atoms in total. The lowest BCUT2D eigenvalue weighted by Gasteiger charge is -2.08. The highest BCUT2D eigenvalue weighted by Gasteiger charge is 2.20. The van der Waals surface area contributed by atoms with Crippen molar-refractivity contribution in [2.24, 2.45) is 10.7 Å². The minimum Gasteiger partial charge on any atom is -0.378 e. The monoisotopic (exact) mass is 298 g/mol. The second-order valence-electron chi connectivity index (χ2n) is 4.74. The first-order valence-corrected chi connectivity index (χ1v) is 7.25. The quantitative estimate of drug-likeness (QED) is 0.864. The average Bonchev–Trinajstić information content (AvgIpc) is 2.91. The third kappa shape index (κ3) is 2.50. The zero-order valence-electron chi connectivity index (χ0n) is 11.7. The second-order valence-corrected chi connectivity index (χ2v) is 5.80. The number of aryl methyl sites for hydroxylation is 1. The van der Waals surface area contributed by atoms with Gasteiger partial charge in [0, 0.05) is 17.6 Å². The molecule has 2 aromatic rings. The van der Waals surface area contributed by atoms with Crippen LogP contribution in [0.5, 0.6) is 0 Å². The van der Waals surface area contributed by atoms with Crippen LogP contribution in [-0.2, 0) is 4.79 Å². The summed E-state index contributed by atoms with van der Waals surface area (Å²) in [5.74, 6) is -0.274. The Morgan fingerprint density at radius 2 is 2.19 bits per heavy atom. The Bertz CT molecular complexity index is 774. The number of carbonyl (C=O) groups is 1. The van der Waals surface area contributed by atoms with E-state index < -0.39 is 0 Å². The van der Waals surface area contributed by atoms with Gasteiger partial charge in [0.1, 0.15) is 0 Å². The Morgan fingerprint density at radius 3 is 2.81 bits per heavy atom. The van der Waals surface area contributed by atoms with Crippen LogP contribution in [-0.4, -0.2) is 20.6 Å². The summed E-state index contributed by atoms with van der Waals surface area (Å²) in [5, 5.41) is 0.298. The lowest BCUT2D eigenvalue weighted by Crippen LogP contribution is -2.01. The van der Waals surface area contributed by atoms with E-state index in [4.69, 9.17) is 5.73 Å². The molecule has 0 aliphatic carbocycles. The first-order valence-electron chi connectivity index (χ1n) is 6.43. The molecule has 2 aromatic heterocycles. The number of amidine groups is 1. The van der Waals surface area contributed by atoms with E-state index in [0.29, 0.717) is 10.1 Å². The maximum atomic E-state index is 11.7. The number of aliphatic imine (C=N–C) groups is 1. The molecule has 1 aliphatic heterocycles. The number of aromatic nitrogens is 2. The molecular formula is C15H14N4OS. The first-order chi connectivity index (χ1) is 10.1. The van der Waals surface area contributed by atoms with Gasteiger partial charge >= 0.3 is 0 Å². The molecule has 0 atom stereocenters. The number of nitrogens with two attached hydrogens (primary N) is 1. The van der Waals surface area contributed by atoms with Gasteiger partial charge in [0.25, 0.3) is 5.91 Å². The van der Waals surface area contributed by atoms with Gasteiger partial charge < -0.3 is 10.3 Å². The smallest absolute Gasteiger partial charge is 0.286 e. The fourth-order valence-electron chi connectivity index (χ4n) is 2.38. The highest BCUT2D eigenvalue weighted by Crippen LogP contribution is 2.29. The van der Waals surface area contributed by atoms with Gasteiger partial charge in [-0.2, -0.15) is 4.99 Å². The number of thioether (sulfide) groups is 1. The molecule has 0 bridgehead atoms. The molecule has 3 rings (SSSR count). The topological polar surface area (TPSA) is 73.3 Å². The first kappa shape index (κ1) is 13.6. The number of hydrogen-bond acceptors (Lipinski definition) is 4. The van der Waals surface area contributed by atoms with Crippen LogP contribution in [0.1, 0.15) is 17.0 Å². The molecule has 6 heteroatoms. The molecule has 21 heavy (non-hydrogen) atoms. The zero-order chi connectivity index (χ0) is 15.0. The van der Waals surface area contributed by atoms with E-state index in [-0.39, 0.29) is 5.91 Å². The third-order valence-electron chi connectivity index (χ3n) is 3.30. The van der Waals surface area contributed by atoms with Gasteiger partial charge in [-0.05, 0) is 55.4 Å². The van der Waals surface area contributed by atoms with Gasteiger partial charge in [0.05, 0.1) is 16.8 Å². The Balaban J connectivity index is 2.04.